The molecule has 26 heavy (non-hydrogen) atoms. The highest BCUT2D eigenvalue weighted by Crippen LogP contribution is 2.15. The van der Waals surface area contributed by atoms with Crippen LogP contribution in [0.25, 0.3) is 6.08 Å². The van der Waals surface area contributed by atoms with Crippen LogP contribution in [0.1, 0.15) is 18.1 Å². The van der Waals surface area contributed by atoms with Crippen molar-refractivity contribution in [3.63, 3.8) is 0 Å². The third-order valence-electron chi connectivity index (χ3n) is 3.35. The fourth-order valence-electron chi connectivity index (χ4n) is 2.10. The summed E-state index contributed by atoms with van der Waals surface area (Å²) in [5, 5.41) is 2.36. The average Bonchev–Trinajstić information content (AvgIpc) is 2.62. The Balaban J connectivity index is 1.81. The van der Waals surface area contributed by atoms with Crippen LogP contribution in [0.15, 0.2) is 48.5 Å². The highest BCUT2D eigenvalue weighted by molar-refractivity contribution is 5.94. The number of benzene rings is 2. The van der Waals surface area contributed by atoms with Crippen molar-refractivity contribution in [1.29, 1.82) is 0 Å². The third kappa shape index (κ3) is 6.05. The Labute approximate surface area is 151 Å². The predicted molar refractivity (Wildman–Crippen MR) is 97.4 cm³/mol. The Kier molecular flexibility index (Phi) is 6.91. The van der Waals surface area contributed by atoms with Crippen LogP contribution in [0.3, 0.4) is 0 Å². The lowest BCUT2D eigenvalue weighted by Crippen LogP contribution is -2.20. The van der Waals surface area contributed by atoms with E-state index in [2.05, 4.69) is 5.32 Å². The van der Waals surface area contributed by atoms with E-state index in [0.717, 1.165) is 16.9 Å². The van der Waals surface area contributed by atoms with E-state index in [1.54, 1.807) is 43.3 Å². The molecule has 2 rings (SSSR count). The Morgan fingerprint density at radius 2 is 1.88 bits per heavy atom. The molecule has 0 atom stereocenters. The summed E-state index contributed by atoms with van der Waals surface area (Å²) in [6.07, 6.45) is 2.78. The Bertz CT molecular complexity index is 800. The highest BCUT2D eigenvalue weighted by atomic mass is 19.1. The van der Waals surface area contributed by atoms with Crippen LogP contribution < -0.4 is 10.1 Å². The molecule has 0 bridgehead atoms. The molecule has 5 nitrogen and oxygen atoms in total. The lowest BCUT2D eigenvalue weighted by Gasteiger charge is -2.07. The maximum Gasteiger partial charge on any atom is 0.331 e. The smallest absolute Gasteiger partial charge is 0.331 e. The van der Waals surface area contributed by atoms with Crippen molar-refractivity contribution in [2.45, 2.75) is 13.8 Å². The number of nitrogens with one attached hydrogen (secondary N) is 1. The van der Waals surface area contributed by atoms with Crippen LogP contribution in [-0.2, 0) is 14.3 Å². The minimum atomic E-state index is -0.668. The number of hydrogen-bond acceptors (Lipinski definition) is 4. The number of halogens is 1. The van der Waals surface area contributed by atoms with Gasteiger partial charge in [-0.05, 0) is 55.3 Å². The Morgan fingerprint density at radius 3 is 2.54 bits per heavy atom. The monoisotopic (exact) mass is 357 g/mol. The van der Waals surface area contributed by atoms with Crippen molar-refractivity contribution in [3.8, 4) is 5.75 Å². The molecule has 0 fully saturated rings. The molecule has 0 heterocycles. The molecule has 0 aliphatic rings. The zero-order valence-electron chi connectivity index (χ0n) is 14.6. The molecule has 0 saturated carbocycles. The molecule has 6 heteroatoms. The van der Waals surface area contributed by atoms with E-state index >= 15 is 0 Å². The van der Waals surface area contributed by atoms with Gasteiger partial charge in [0.15, 0.2) is 6.61 Å². The van der Waals surface area contributed by atoms with Crippen molar-refractivity contribution >= 4 is 23.6 Å². The number of ether oxygens (including phenoxy) is 2. The normalized spacial score (nSPS) is 10.6. The van der Waals surface area contributed by atoms with Crippen molar-refractivity contribution in [2.75, 3.05) is 18.5 Å². The van der Waals surface area contributed by atoms with Crippen LogP contribution in [0.2, 0.25) is 0 Å². The van der Waals surface area contributed by atoms with Crippen LogP contribution >= 0.6 is 0 Å². The van der Waals surface area contributed by atoms with Gasteiger partial charge in [0.1, 0.15) is 11.6 Å². The van der Waals surface area contributed by atoms with Gasteiger partial charge in [0, 0.05) is 6.08 Å². The van der Waals surface area contributed by atoms with Crippen molar-refractivity contribution < 1.29 is 23.5 Å². The number of aryl methyl sites for hydroxylation is 1. The van der Waals surface area contributed by atoms with E-state index in [4.69, 9.17) is 9.47 Å². The first-order valence-electron chi connectivity index (χ1n) is 8.11. The van der Waals surface area contributed by atoms with Gasteiger partial charge in [0.2, 0.25) is 0 Å². The van der Waals surface area contributed by atoms with Crippen molar-refractivity contribution in [3.05, 3.63) is 65.5 Å². The first-order chi connectivity index (χ1) is 12.5. The molecular formula is C20H20FNO4. The Hall–Kier alpha value is -3.15. The number of esters is 1. The van der Waals surface area contributed by atoms with E-state index in [0.29, 0.717) is 6.61 Å². The maximum atomic E-state index is 13.7. The predicted octanol–water partition coefficient (Wildman–Crippen LogP) is 3.73. The molecule has 0 aliphatic heterocycles. The number of amides is 1. The van der Waals surface area contributed by atoms with E-state index < -0.39 is 24.3 Å². The fraction of sp³-hybridized carbons (Fsp3) is 0.200. The summed E-state index contributed by atoms with van der Waals surface area (Å²) in [6, 6.07) is 11.6. The molecule has 2 aromatic carbocycles. The van der Waals surface area contributed by atoms with E-state index in [-0.39, 0.29) is 5.69 Å². The quantitative estimate of drug-likeness (QED) is 0.606. The van der Waals surface area contributed by atoms with Gasteiger partial charge in [0.25, 0.3) is 5.91 Å². The minimum absolute atomic E-state index is 0.0431. The molecule has 1 amide bonds. The first kappa shape index (κ1) is 19.2. The topological polar surface area (TPSA) is 64.6 Å². The molecule has 0 aliphatic carbocycles. The number of anilines is 1. The van der Waals surface area contributed by atoms with Gasteiger partial charge in [-0.25, -0.2) is 9.18 Å². The van der Waals surface area contributed by atoms with Gasteiger partial charge < -0.3 is 14.8 Å². The van der Waals surface area contributed by atoms with Gasteiger partial charge in [-0.2, -0.15) is 0 Å². The first-order valence-corrected chi connectivity index (χ1v) is 8.11. The summed E-state index contributed by atoms with van der Waals surface area (Å²) >= 11 is 0. The van der Waals surface area contributed by atoms with Gasteiger partial charge in [-0.3, -0.25) is 4.79 Å². The maximum absolute atomic E-state index is 13.7. The zero-order chi connectivity index (χ0) is 18.9. The van der Waals surface area contributed by atoms with Crippen LogP contribution in [0, 0.1) is 12.7 Å². The molecule has 2 aromatic rings. The van der Waals surface area contributed by atoms with Crippen molar-refractivity contribution in [1.82, 2.24) is 0 Å². The Morgan fingerprint density at radius 1 is 1.15 bits per heavy atom. The number of carbonyl (C=O) groups is 2. The van der Waals surface area contributed by atoms with Crippen LogP contribution in [-0.4, -0.2) is 25.1 Å². The zero-order valence-corrected chi connectivity index (χ0v) is 14.6. The summed E-state index contributed by atoms with van der Waals surface area (Å²) in [7, 11) is 0. The average molecular weight is 357 g/mol. The summed E-state index contributed by atoms with van der Waals surface area (Å²) in [4.78, 5) is 23.4. The third-order valence-corrected chi connectivity index (χ3v) is 3.35. The second-order valence-corrected chi connectivity index (χ2v) is 5.47. The van der Waals surface area contributed by atoms with Gasteiger partial charge in [0.05, 0.1) is 12.3 Å². The molecular weight excluding hydrogens is 337 g/mol. The molecule has 0 aromatic heterocycles. The van der Waals surface area contributed by atoms with E-state index in [1.807, 2.05) is 6.92 Å². The number of carbonyl (C=O) groups excluding carboxylic acids is 2. The second-order valence-electron chi connectivity index (χ2n) is 5.47. The SMILES string of the molecule is CCOc1ccc(/C=C/C(=O)OCC(=O)Nc2ccc(C)cc2F)cc1. The molecule has 0 radical (unpaired) electrons. The summed E-state index contributed by atoms with van der Waals surface area (Å²) < 4.78 is 23.8. The highest BCUT2D eigenvalue weighted by Gasteiger charge is 2.09. The van der Waals surface area contributed by atoms with Gasteiger partial charge in [-0.1, -0.05) is 18.2 Å². The fourth-order valence-corrected chi connectivity index (χ4v) is 2.10. The van der Waals surface area contributed by atoms with Crippen molar-refractivity contribution in [2.24, 2.45) is 0 Å². The van der Waals surface area contributed by atoms with Crippen LogP contribution in [0.4, 0.5) is 10.1 Å². The standard InChI is InChI=1S/C20H20FNO4/c1-3-25-16-8-5-15(6-9-16)7-11-20(24)26-13-19(23)22-18-10-4-14(2)12-17(18)21/h4-12H,3,13H2,1-2H3,(H,22,23)/b11-7+. The molecule has 0 spiro atoms. The van der Waals surface area contributed by atoms with Gasteiger partial charge >= 0.3 is 5.97 Å². The lowest BCUT2D eigenvalue weighted by atomic mass is 10.2. The lowest BCUT2D eigenvalue weighted by molar-refractivity contribution is -0.142. The molecule has 136 valence electrons. The van der Waals surface area contributed by atoms with E-state index in [9.17, 15) is 14.0 Å². The van der Waals surface area contributed by atoms with E-state index in [1.165, 1.54) is 18.2 Å². The summed E-state index contributed by atoms with van der Waals surface area (Å²) in [5.74, 6) is -1.08. The second kappa shape index (κ2) is 9.36. The number of rotatable bonds is 7. The molecule has 0 saturated heterocycles. The van der Waals surface area contributed by atoms with Gasteiger partial charge in [-0.15, -0.1) is 0 Å². The summed E-state index contributed by atoms with van der Waals surface area (Å²) in [6.45, 7) is 3.72. The number of hydrogen-bond donors (Lipinski definition) is 1. The van der Waals surface area contributed by atoms with Crippen LogP contribution in [0.5, 0.6) is 5.75 Å². The summed E-state index contributed by atoms with van der Waals surface area (Å²) in [5.41, 5.74) is 1.57. The molecule has 1 N–H and O–H groups in total. The minimum Gasteiger partial charge on any atom is -0.494 e. The largest absolute Gasteiger partial charge is 0.494 e. The molecule has 0 unspecified atom stereocenters.